The predicted octanol–water partition coefficient (Wildman–Crippen LogP) is 2.61. The van der Waals surface area contributed by atoms with Crippen LogP contribution in [0.2, 0.25) is 0 Å². The molecule has 0 fully saturated rings. The number of benzene rings is 1. The Balaban J connectivity index is 3.11. The van der Waals surface area contributed by atoms with E-state index in [1.54, 1.807) is 18.2 Å². The van der Waals surface area contributed by atoms with Gasteiger partial charge in [-0.3, -0.25) is 0 Å². The monoisotopic (exact) mass is 206 g/mol. The third-order valence-electron chi connectivity index (χ3n) is 2.00. The Kier molecular flexibility index (Phi) is 3.50. The Morgan fingerprint density at radius 2 is 2.20 bits per heavy atom. The number of aromatic hydroxyl groups is 1. The quantitative estimate of drug-likeness (QED) is 0.469. The molecule has 0 spiro atoms. The molecule has 0 saturated carbocycles. The zero-order chi connectivity index (χ0) is 11.4. The maximum absolute atomic E-state index is 11.0. The van der Waals surface area contributed by atoms with Crippen LogP contribution >= 0.6 is 0 Å². The normalized spacial score (nSPS) is 10.1. The summed E-state index contributed by atoms with van der Waals surface area (Å²) in [7, 11) is 0. The van der Waals surface area contributed by atoms with Crippen molar-refractivity contribution in [1.82, 2.24) is 0 Å². The highest BCUT2D eigenvalue weighted by molar-refractivity contribution is 5.83. The minimum atomic E-state index is -0.525. The molecule has 3 nitrogen and oxygen atoms in total. The van der Waals surface area contributed by atoms with Gasteiger partial charge in [0, 0.05) is 11.6 Å². The summed E-state index contributed by atoms with van der Waals surface area (Å²) < 4.78 is 5.02. The summed E-state index contributed by atoms with van der Waals surface area (Å²) in [5, 5.41) is 9.63. The van der Waals surface area contributed by atoms with E-state index < -0.39 is 5.97 Å². The molecular formula is C12H14O3. The first-order valence-corrected chi connectivity index (χ1v) is 4.72. The van der Waals surface area contributed by atoms with Crippen LogP contribution in [0.5, 0.6) is 11.5 Å². The van der Waals surface area contributed by atoms with E-state index in [1.165, 1.54) is 0 Å². The largest absolute Gasteiger partial charge is 0.508 e. The summed E-state index contributed by atoms with van der Waals surface area (Å²) >= 11 is 0. The molecule has 0 aliphatic heterocycles. The molecule has 0 saturated heterocycles. The second-order valence-corrected chi connectivity index (χ2v) is 3.47. The van der Waals surface area contributed by atoms with Crippen LogP contribution in [0.15, 0.2) is 30.9 Å². The van der Waals surface area contributed by atoms with Gasteiger partial charge in [-0.1, -0.05) is 26.5 Å². The molecule has 1 aromatic rings. The molecule has 0 aliphatic rings. The molecule has 15 heavy (non-hydrogen) atoms. The number of ether oxygens (including phenoxy) is 1. The summed E-state index contributed by atoms with van der Waals surface area (Å²) in [6, 6.07) is 4.85. The van der Waals surface area contributed by atoms with Gasteiger partial charge >= 0.3 is 5.97 Å². The number of esters is 1. The van der Waals surface area contributed by atoms with Gasteiger partial charge in [-0.15, -0.1) is 0 Å². The lowest BCUT2D eigenvalue weighted by molar-refractivity contribution is -0.129. The first-order chi connectivity index (χ1) is 7.06. The van der Waals surface area contributed by atoms with Crippen LogP contribution in [-0.4, -0.2) is 11.1 Å². The summed E-state index contributed by atoms with van der Waals surface area (Å²) in [4.78, 5) is 11.0. The molecule has 0 unspecified atom stereocenters. The van der Waals surface area contributed by atoms with Crippen molar-refractivity contribution in [2.45, 2.75) is 19.8 Å². The zero-order valence-corrected chi connectivity index (χ0v) is 8.86. The molecule has 0 aliphatic carbocycles. The van der Waals surface area contributed by atoms with Crippen molar-refractivity contribution < 1.29 is 14.6 Å². The van der Waals surface area contributed by atoms with E-state index in [9.17, 15) is 9.90 Å². The van der Waals surface area contributed by atoms with E-state index in [0.717, 1.165) is 6.08 Å². The van der Waals surface area contributed by atoms with Crippen LogP contribution < -0.4 is 4.74 Å². The second kappa shape index (κ2) is 4.64. The topological polar surface area (TPSA) is 46.5 Å². The minimum Gasteiger partial charge on any atom is -0.508 e. The van der Waals surface area contributed by atoms with Crippen molar-refractivity contribution in [1.29, 1.82) is 0 Å². The summed E-state index contributed by atoms with van der Waals surface area (Å²) in [6.07, 6.45) is 1.09. The van der Waals surface area contributed by atoms with E-state index in [2.05, 4.69) is 6.58 Å². The van der Waals surface area contributed by atoms with Crippen molar-refractivity contribution >= 4 is 5.97 Å². The lowest BCUT2D eigenvalue weighted by atomic mass is 10.0. The zero-order valence-electron chi connectivity index (χ0n) is 8.86. The number of hydrogen-bond acceptors (Lipinski definition) is 3. The SMILES string of the molecule is C=CC(=O)Oc1cccc(O)c1C(C)C. The molecule has 0 radical (unpaired) electrons. The average Bonchev–Trinajstić information content (AvgIpc) is 2.17. The number of carbonyl (C=O) groups excluding carboxylic acids is 1. The highest BCUT2D eigenvalue weighted by Crippen LogP contribution is 2.34. The fraction of sp³-hybridized carbons (Fsp3) is 0.250. The highest BCUT2D eigenvalue weighted by Gasteiger charge is 2.14. The molecule has 0 heterocycles. The van der Waals surface area contributed by atoms with E-state index in [-0.39, 0.29) is 11.7 Å². The van der Waals surface area contributed by atoms with Crippen molar-refractivity contribution in [3.63, 3.8) is 0 Å². The maximum Gasteiger partial charge on any atom is 0.335 e. The van der Waals surface area contributed by atoms with Crippen LogP contribution in [0, 0.1) is 0 Å². The van der Waals surface area contributed by atoms with Crippen molar-refractivity contribution in [2.24, 2.45) is 0 Å². The Morgan fingerprint density at radius 3 is 2.73 bits per heavy atom. The van der Waals surface area contributed by atoms with Gasteiger partial charge < -0.3 is 9.84 Å². The van der Waals surface area contributed by atoms with Crippen LogP contribution in [0.3, 0.4) is 0 Å². The molecule has 1 rings (SSSR count). The molecule has 3 heteroatoms. The lowest BCUT2D eigenvalue weighted by Gasteiger charge is -2.13. The first-order valence-electron chi connectivity index (χ1n) is 4.72. The molecule has 0 amide bonds. The summed E-state index contributed by atoms with van der Waals surface area (Å²) in [5.41, 5.74) is 0.632. The van der Waals surface area contributed by atoms with Crippen molar-refractivity contribution in [3.05, 3.63) is 36.4 Å². The van der Waals surface area contributed by atoms with Gasteiger partial charge in [-0.25, -0.2) is 4.79 Å². The number of phenols is 1. The Hall–Kier alpha value is -1.77. The van der Waals surface area contributed by atoms with Gasteiger partial charge in [-0.2, -0.15) is 0 Å². The average molecular weight is 206 g/mol. The van der Waals surface area contributed by atoms with Crippen LogP contribution in [0.4, 0.5) is 0 Å². The van der Waals surface area contributed by atoms with Crippen molar-refractivity contribution in [3.8, 4) is 11.5 Å². The smallest absolute Gasteiger partial charge is 0.335 e. The maximum atomic E-state index is 11.0. The second-order valence-electron chi connectivity index (χ2n) is 3.47. The van der Waals surface area contributed by atoms with Crippen LogP contribution in [0.25, 0.3) is 0 Å². The Labute approximate surface area is 89.0 Å². The summed E-state index contributed by atoms with van der Waals surface area (Å²) in [6.45, 7) is 7.15. The van der Waals surface area contributed by atoms with Gasteiger partial charge in [0.25, 0.3) is 0 Å². The van der Waals surface area contributed by atoms with Crippen LogP contribution in [-0.2, 0) is 4.79 Å². The van der Waals surface area contributed by atoms with Gasteiger partial charge in [-0.05, 0) is 18.1 Å². The Morgan fingerprint density at radius 1 is 1.53 bits per heavy atom. The molecule has 80 valence electrons. The third kappa shape index (κ3) is 2.59. The number of phenolic OH excluding ortho intramolecular Hbond substituents is 1. The molecule has 1 aromatic carbocycles. The van der Waals surface area contributed by atoms with Crippen molar-refractivity contribution in [2.75, 3.05) is 0 Å². The molecule has 0 aromatic heterocycles. The number of carbonyl (C=O) groups is 1. The van der Waals surface area contributed by atoms with E-state index in [4.69, 9.17) is 4.74 Å². The van der Waals surface area contributed by atoms with Gasteiger partial charge in [0.05, 0.1) is 0 Å². The van der Waals surface area contributed by atoms with E-state index in [0.29, 0.717) is 11.3 Å². The van der Waals surface area contributed by atoms with Crippen LogP contribution in [0.1, 0.15) is 25.3 Å². The predicted molar refractivity (Wildman–Crippen MR) is 58.0 cm³/mol. The minimum absolute atomic E-state index is 0.0822. The number of rotatable bonds is 3. The van der Waals surface area contributed by atoms with E-state index in [1.807, 2.05) is 13.8 Å². The molecule has 0 atom stereocenters. The molecule has 1 N–H and O–H groups in total. The van der Waals surface area contributed by atoms with E-state index >= 15 is 0 Å². The fourth-order valence-corrected chi connectivity index (χ4v) is 1.35. The Bertz CT molecular complexity index is 380. The van der Waals surface area contributed by atoms with Gasteiger partial charge in [0.1, 0.15) is 11.5 Å². The molecular weight excluding hydrogens is 192 g/mol. The highest BCUT2D eigenvalue weighted by atomic mass is 16.5. The third-order valence-corrected chi connectivity index (χ3v) is 2.00. The number of hydrogen-bond donors (Lipinski definition) is 1. The fourth-order valence-electron chi connectivity index (χ4n) is 1.35. The first kappa shape index (κ1) is 11.3. The van der Waals surface area contributed by atoms with Gasteiger partial charge in [0.15, 0.2) is 0 Å². The summed E-state index contributed by atoms with van der Waals surface area (Å²) in [5.74, 6) is 0.0792. The lowest BCUT2D eigenvalue weighted by Crippen LogP contribution is -2.06. The molecule has 0 bridgehead atoms. The van der Waals surface area contributed by atoms with Gasteiger partial charge in [0.2, 0.25) is 0 Å². The standard InChI is InChI=1S/C12H14O3/c1-4-11(14)15-10-7-5-6-9(13)12(10)8(2)3/h4-8,13H,1H2,2-3H3.